The largest absolute Gasteiger partial charge is 0.448 e. The van der Waals surface area contributed by atoms with Gasteiger partial charge in [0.2, 0.25) is 0 Å². The van der Waals surface area contributed by atoms with E-state index >= 15 is 0 Å². The maximum Gasteiger partial charge on any atom is 0.251 e. The van der Waals surface area contributed by atoms with Gasteiger partial charge in [0.15, 0.2) is 11.5 Å². The van der Waals surface area contributed by atoms with Gasteiger partial charge in [0.1, 0.15) is 17.7 Å². The molecule has 0 fully saturated rings. The molecule has 0 spiro atoms. The first-order valence-corrected chi connectivity index (χ1v) is 8.77. The van der Waals surface area contributed by atoms with E-state index in [2.05, 4.69) is 15.5 Å². The second-order valence-corrected chi connectivity index (χ2v) is 6.52. The number of hydrogen-bond donors (Lipinski definition) is 1. The van der Waals surface area contributed by atoms with Crippen LogP contribution >= 0.6 is 11.3 Å². The summed E-state index contributed by atoms with van der Waals surface area (Å²) in [5.41, 5.74) is 2.33. The lowest BCUT2D eigenvalue weighted by Crippen LogP contribution is -2.22. The van der Waals surface area contributed by atoms with E-state index in [4.69, 9.17) is 8.94 Å². The molecule has 1 amide bonds. The first-order valence-electron chi connectivity index (χ1n) is 7.89. The van der Waals surface area contributed by atoms with Gasteiger partial charge in [-0.05, 0) is 29.6 Å². The second kappa shape index (κ2) is 6.52. The Kier molecular flexibility index (Phi) is 4.07. The highest BCUT2D eigenvalue weighted by molar-refractivity contribution is 7.09. The third-order valence-corrected chi connectivity index (χ3v) is 4.71. The molecular formula is C18H15N3O3S. The van der Waals surface area contributed by atoms with Crippen molar-refractivity contribution in [3.8, 4) is 11.4 Å². The number of aromatic nitrogens is 2. The highest BCUT2D eigenvalue weighted by atomic mass is 32.1. The van der Waals surface area contributed by atoms with Crippen molar-refractivity contribution in [2.24, 2.45) is 0 Å². The van der Waals surface area contributed by atoms with Crippen LogP contribution in [-0.4, -0.2) is 16.0 Å². The number of carbonyl (C=O) groups excluding carboxylic acids is 1. The van der Waals surface area contributed by atoms with Gasteiger partial charge in [0.05, 0.1) is 11.9 Å². The van der Waals surface area contributed by atoms with Crippen molar-refractivity contribution in [2.75, 3.05) is 0 Å². The zero-order valence-electron chi connectivity index (χ0n) is 13.5. The Balaban J connectivity index is 1.62. The maximum atomic E-state index is 12.4. The van der Waals surface area contributed by atoms with Crippen molar-refractivity contribution in [1.82, 2.24) is 15.5 Å². The van der Waals surface area contributed by atoms with Crippen LogP contribution in [0.4, 0.5) is 0 Å². The Morgan fingerprint density at radius 2 is 2.24 bits per heavy atom. The fourth-order valence-corrected chi connectivity index (χ4v) is 3.17. The number of carbonyl (C=O) groups is 1. The molecule has 0 aliphatic rings. The number of hydrogen-bond acceptors (Lipinski definition) is 6. The van der Waals surface area contributed by atoms with Crippen LogP contribution in [0.2, 0.25) is 0 Å². The minimum Gasteiger partial charge on any atom is -0.448 e. The number of nitrogens with one attached hydrogen (secondary N) is 1. The predicted octanol–water partition coefficient (Wildman–Crippen LogP) is 4.04. The maximum absolute atomic E-state index is 12.4. The van der Waals surface area contributed by atoms with E-state index in [1.165, 1.54) is 0 Å². The molecular weight excluding hydrogens is 338 g/mol. The monoisotopic (exact) mass is 353 g/mol. The zero-order valence-corrected chi connectivity index (χ0v) is 14.3. The molecule has 7 heteroatoms. The summed E-state index contributed by atoms with van der Waals surface area (Å²) in [6, 6.07) is 9.19. The third-order valence-electron chi connectivity index (χ3n) is 3.83. The summed E-state index contributed by atoms with van der Waals surface area (Å²) in [6.45, 7) is 2.47. The quantitative estimate of drug-likeness (QED) is 0.586. The molecule has 0 saturated heterocycles. The average Bonchev–Trinajstić information content (AvgIpc) is 3.38. The fraction of sp³-hybridized carbons (Fsp3) is 0.167. The molecule has 126 valence electrons. The molecule has 1 N–H and O–H groups in total. The second-order valence-electron chi connectivity index (χ2n) is 5.48. The summed E-state index contributed by atoms with van der Waals surface area (Å²) in [7, 11) is 0. The molecule has 0 saturated carbocycles. The Bertz CT molecular complexity index is 1020. The van der Waals surface area contributed by atoms with Crippen molar-refractivity contribution in [3.05, 3.63) is 58.3 Å². The third kappa shape index (κ3) is 3.06. The van der Waals surface area contributed by atoms with Gasteiger partial charge < -0.3 is 14.3 Å². The van der Waals surface area contributed by atoms with E-state index in [1.54, 1.807) is 35.8 Å². The summed E-state index contributed by atoms with van der Waals surface area (Å²) >= 11 is 1.61. The summed E-state index contributed by atoms with van der Waals surface area (Å²) in [6.07, 6.45) is 2.26. The van der Waals surface area contributed by atoms with Gasteiger partial charge in [-0.1, -0.05) is 18.1 Å². The Labute approximate surface area is 147 Å². The van der Waals surface area contributed by atoms with E-state index in [9.17, 15) is 4.79 Å². The lowest BCUT2D eigenvalue weighted by atomic mass is 10.1. The van der Waals surface area contributed by atoms with Crippen LogP contribution in [-0.2, 0) is 13.0 Å². The molecule has 0 radical (unpaired) electrons. The number of thiophene rings is 1. The zero-order chi connectivity index (χ0) is 17.2. The van der Waals surface area contributed by atoms with E-state index in [1.807, 2.05) is 24.4 Å². The smallest absolute Gasteiger partial charge is 0.251 e. The first kappa shape index (κ1) is 15.6. The van der Waals surface area contributed by atoms with Gasteiger partial charge in [-0.25, -0.2) is 4.98 Å². The standard InChI is InChI=1S/C18H15N3O3S/c1-2-16-20-14(10-23-16)17-13-8-11(5-6-15(13)24-21-17)18(22)19-9-12-4-3-7-25-12/h3-8,10H,2,9H2,1H3,(H,19,22). The van der Waals surface area contributed by atoms with Crippen LogP contribution in [0.3, 0.4) is 0 Å². The van der Waals surface area contributed by atoms with Crippen molar-refractivity contribution in [2.45, 2.75) is 19.9 Å². The molecule has 4 rings (SSSR count). The predicted molar refractivity (Wildman–Crippen MR) is 94.4 cm³/mol. The summed E-state index contributed by atoms with van der Waals surface area (Å²) in [5, 5.41) is 9.71. The molecule has 3 heterocycles. The van der Waals surface area contributed by atoms with Crippen molar-refractivity contribution < 1.29 is 13.7 Å². The van der Waals surface area contributed by atoms with Crippen molar-refractivity contribution in [3.63, 3.8) is 0 Å². The van der Waals surface area contributed by atoms with Gasteiger partial charge in [0, 0.05) is 16.9 Å². The van der Waals surface area contributed by atoms with E-state index in [0.29, 0.717) is 41.4 Å². The topological polar surface area (TPSA) is 81.2 Å². The Morgan fingerprint density at radius 1 is 1.32 bits per heavy atom. The minimum atomic E-state index is -0.142. The molecule has 4 aromatic rings. The van der Waals surface area contributed by atoms with Crippen LogP contribution in [0.25, 0.3) is 22.4 Å². The van der Waals surface area contributed by atoms with Gasteiger partial charge in [-0.15, -0.1) is 11.3 Å². The van der Waals surface area contributed by atoms with E-state index in [-0.39, 0.29) is 5.91 Å². The van der Waals surface area contributed by atoms with Gasteiger partial charge in [0.25, 0.3) is 5.91 Å². The number of oxazole rings is 1. The van der Waals surface area contributed by atoms with Crippen LogP contribution in [0, 0.1) is 0 Å². The number of amides is 1. The van der Waals surface area contributed by atoms with Crippen molar-refractivity contribution in [1.29, 1.82) is 0 Å². The van der Waals surface area contributed by atoms with Gasteiger partial charge in [-0.3, -0.25) is 4.79 Å². The molecule has 3 aromatic heterocycles. The molecule has 25 heavy (non-hydrogen) atoms. The highest BCUT2D eigenvalue weighted by Gasteiger charge is 2.16. The van der Waals surface area contributed by atoms with Crippen LogP contribution < -0.4 is 5.32 Å². The van der Waals surface area contributed by atoms with Gasteiger partial charge in [-0.2, -0.15) is 0 Å². The number of benzene rings is 1. The lowest BCUT2D eigenvalue weighted by Gasteiger charge is -2.03. The Morgan fingerprint density at radius 3 is 3.00 bits per heavy atom. The number of aryl methyl sites for hydroxylation is 1. The van der Waals surface area contributed by atoms with Gasteiger partial charge >= 0.3 is 0 Å². The number of rotatable bonds is 5. The normalized spacial score (nSPS) is 11.1. The Hall–Kier alpha value is -2.93. The summed E-state index contributed by atoms with van der Waals surface area (Å²) < 4.78 is 10.7. The molecule has 0 aliphatic carbocycles. The minimum absolute atomic E-state index is 0.142. The number of fused-ring (bicyclic) bond motifs is 1. The van der Waals surface area contributed by atoms with Crippen LogP contribution in [0.1, 0.15) is 28.0 Å². The molecule has 6 nitrogen and oxygen atoms in total. The van der Waals surface area contributed by atoms with Crippen molar-refractivity contribution >= 4 is 28.2 Å². The first-order chi connectivity index (χ1) is 12.2. The summed E-state index contributed by atoms with van der Waals surface area (Å²) in [4.78, 5) is 17.9. The van der Waals surface area contributed by atoms with Crippen LogP contribution in [0.15, 0.2) is 50.9 Å². The molecule has 0 unspecified atom stereocenters. The molecule has 0 bridgehead atoms. The van der Waals surface area contributed by atoms with E-state index < -0.39 is 0 Å². The van der Waals surface area contributed by atoms with Crippen LogP contribution in [0.5, 0.6) is 0 Å². The number of nitrogens with zero attached hydrogens (tertiary/aromatic N) is 2. The fourth-order valence-electron chi connectivity index (χ4n) is 2.53. The highest BCUT2D eigenvalue weighted by Crippen LogP contribution is 2.28. The summed E-state index contributed by atoms with van der Waals surface area (Å²) in [5.74, 6) is 0.493. The lowest BCUT2D eigenvalue weighted by molar-refractivity contribution is 0.0951. The molecule has 0 aliphatic heterocycles. The average molecular weight is 353 g/mol. The molecule has 0 atom stereocenters. The SMILES string of the molecule is CCc1nc(-c2noc3ccc(C(=O)NCc4cccs4)cc23)co1. The van der Waals surface area contributed by atoms with E-state index in [0.717, 1.165) is 10.3 Å². The molecule has 1 aromatic carbocycles.